The third-order valence-corrected chi connectivity index (χ3v) is 5.27. The van der Waals surface area contributed by atoms with Gasteiger partial charge >= 0.3 is 5.97 Å². The van der Waals surface area contributed by atoms with Crippen LogP contribution in [0.1, 0.15) is 21.7 Å². The molecule has 0 bridgehead atoms. The maximum atomic E-state index is 12.1. The van der Waals surface area contributed by atoms with Gasteiger partial charge in [0.1, 0.15) is 0 Å². The number of nitrogen functional groups attached to an aromatic ring is 1. The van der Waals surface area contributed by atoms with Gasteiger partial charge in [0, 0.05) is 22.0 Å². The smallest absolute Gasteiger partial charge is 0.336 e. The van der Waals surface area contributed by atoms with Gasteiger partial charge in [-0.3, -0.25) is 0 Å². The van der Waals surface area contributed by atoms with Crippen molar-refractivity contribution >= 4 is 40.3 Å². The first-order chi connectivity index (χ1) is 13.6. The number of sulfonamides is 1. The number of nitrogens with two attached hydrogens (primary N) is 1. The van der Waals surface area contributed by atoms with Gasteiger partial charge < -0.3 is 10.8 Å². The minimum atomic E-state index is -3.69. The number of carboxylic acid groups (broad SMARTS) is 1. The van der Waals surface area contributed by atoms with E-state index in [4.69, 9.17) is 10.8 Å². The third kappa shape index (κ3) is 6.47. The Morgan fingerprint density at radius 3 is 2.07 bits per heavy atom. The molecule has 0 saturated heterocycles. The van der Waals surface area contributed by atoms with Crippen molar-refractivity contribution in [2.75, 3.05) is 10.5 Å². The Morgan fingerprint density at radius 1 is 1.03 bits per heavy atom. The van der Waals surface area contributed by atoms with Gasteiger partial charge in [0.25, 0.3) is 10.0 Å². The summed E-state index contributed by atoms with van der Waals surface area (Å²) in [6.07, 6.45) is 0. The van der Waals surface area contributed by atoms with Crippen molar-refractivity contribution in [1.82, 2.24) is 9.97 Å². The lowest BCUT2D eigenvalue weighted by Gasteiger charge is -2.08. The highest BCUT2D eigenvalue weighted by molar-refractivity contribution is 7.92. The predicted octanol–water partition coefficient (Wildman–Crippen LogP) is 3.15. The quantitative estimate of drug-likeness (QED) is 0.367. The second-order valence-electron chi connectivity index (χ2n) is 5.97. The van der Waals surface area contributed by atoms with Crippen LogP contribution in [-0.4, -0.2) is 29.5 Å². The SMILES string of the molecule is Cc1cc(C)nc(NS(=O)(=O)c2ccc(N)cc2)n1.O=C(O)c1ccccc1S. The molecule has 10 heteroatoms. The van der Waals surface area contributed by atoms with Crippen LogP contribution in [0.5, 0.6) is 0 Å². The summed E-state index contributed by atoms with van der Waals surface area (Å²) in [6.45, 7) is 3.55. The monoisotopic (exact) mass is 432 g/mol. The summed E-state index contributed by atoms with van der Waals surface area (Å²) in [5, 5.41) is 8.52. The zero-order valence-corrected chi connectivity index (χ0v) is 17.4. The van der Waals surface area contributed by atoms with Gasteiger partial charge in [-0.05, 0) is 56.3 Å². The van der Waals surface area contributed by atoms with Crippen LogP contribution >= 0.6 is 12.6 Å². The number of nitrogens with one attached hydrogen (secondary N) is 1. The van der Waals surface area contributed by atoms with Crippen molar-refractivity contribution in [3.63, 3.8) is 0 Å². The average molecular weight is 433 g/mol. The van der Waals surface area contributed by atoms with E-state index in [0.717, 1.165) is 0 Å². The van der Waals surface area contributed by atoms with Crippen molar-refractivity contribution in [3.8, 4) is 0 Å². The Kier molecular flexibility index (Phi) is 7.18. The second-order valence-corrected chi connectivity index (χ2v) is 8.14. The van der Waals surface area contributed by atoms with Gasteiger partial charge in [-0.25, -0.2) is 27.9 Å². The molecular formula is C19H20N4O4S2. The van der Waals surface area contributed by atoms with Crippen LogP contribution in [0.15, 0.2) is 64.4 Å². The Hall–Kier alpha value is -3.11. The summed E-state index contributed by atoms with van der Waals surface area (Å²) in [7, 11) is -3.69. The topological polar surface area (TPSA) is 135 Å². The van der Waals surface area contributed by atoms with Crippen molar-refractivity contribution < 1.29 is 18.3 Å². The maximum Gasteiger partial charge on any atom is 0.336 e. The van der Waals surface area contributed by atoms with E-state index >= 15 is 0 Å². The molecule has 0 radical (unpaired) electrons. The molecule has 0 aliphatic heterocycles. The highest BCUT2D eigenvalue weighted by atomic mass is 32.2. The number of aromatic nitrogens is 2. The van der Waals surface area contributed by atoms with Crippen molar-refractivity contribution in [3.05, 3.63) is 71.5 Å². The first-order valence-corrected chi connectivity index (χ1v) is 10.2. The molecule has 8 nitrogen and oxygen atoms in total. The summed E-state index contributed by atoms with van der Waals surface area (Å²) in [5.74, 6) is -0.875. The van der Waals surface area contributed by atoms with Crippen LogP contribution in [-0.2, 0) is 10.0 Å². The van der Waals surface area contributed by atoms with Crippen LogP contribution in [0.3, 0.4) is 0 Å². The predicted molar refractivity (Wildman–Crippen MR) is 114 cm³/mol. The molecule has 29 heavy (non-hydrogen) atoms. The summed E-state index contributed by atoms with van der Waals surface area (Å²) in [4.78, 5) is 19.1. The second kappa shape index (κ2) is 9.39. The van der Waals surface area contributed by atoms with Gasteiger partial charge in [0.2, 0.25) is 5.95 Å². The van der Waals surface area contributed by atoms with E-state index in [2.05, 4.69) is 27.3 Å². The first-order valence-electron chi connectivity index (χ1n) is 8.30. The first kappa shape index (κ1) is 22.2. The highest BCUT2D eigenvalue weighted by Crippen LogP contribution is 2.15. The average Bonchev–Trinajstić information content (AvgIpc) is 2.61. The standard InChI is InChI=1S/C12H14N4O2S.C7H6O2S/c1-8-7-9(2)15-12(14-8)16-19(17,18)11-5-3-10(13)4-6-11;8-7(9)5-3-1-2-4-6(5)10/h3-7H,13H2,1-2H3,(H,14,15,16);1-4,10H,(H,8,9). The number of thiol groups is 1. The molecule has 2 aromatic carbocycles. The van der Waals surface area contributed by atoms with E-state index in [0.29, 0.717) is 22.0 Å². The van der Waals surface area contributed by atoms with Crippen LogP contribution in [0.4, 0.5) is 11.6 Å². The number of nitrogens with zero attached hydrogens (tertiary/aromatic N) is 2. The number of carboxylic acids is 1. The van der Waals surface area contributed by atoms with Gasteiger partial charge in [-0.1, -0.05) is 12.1 Å². The van der Waals surface area contributed by atoms with Crippen LogP contribution in [0, 0.1) is 13.8 Å². The molecule has 0 saturated carbocycles. The third-order valence-electron chi connectivity index (χ3n) is 3.53. The fourth-order valence-corrected chi connectivity index (χ4v) is 3.45. The summed E-state index contributed by atoms with van der Waals surface area (Å²) in [5.41, 5.74) is 7.66. The number of benzene rings is 2. The molecule has 0 spiro atoms. The minimum absolute atomic E-state index is 0.0642. The van der Waals surface area contributed by atoms with Crippen LogP contribution in [0.25, 0.3) is 0 Å². The number of carbonyl (C=O) groups is 1. The fraction of sp³-hybridized carbons (Fsp3) is 0.105. The highest BCUT2D eigenvalue weighted by Gasteiger charge is 2.15. The molecule has 0 fully saturated rings. The number of hydrogen-bond donors (Lipinski definition) is 4. The molecule has 152 valence electrons. The molecule has 3 rings (SSSR count). The van der Waals surface area contributed by atoms with Crippen LogP contribution in [0.2, 0.25) is 0 Å². The molecule has 0 unspecified atom stereocenters. The van der Waals surface area contributed by atoms with Crippen molar-refractivity contribution in [2.24, 2.45) is 0 Å². The maximum absolute atomic E-state index is 12.1. The molecule has 4 N–H and O–H groups in total. The van der Waals surface area contributed by atoms with E-state index < -0.39 is 16.0 Å². The zero-order valence-electron chi connectivity index (χ0n) is 15.7. The Labute approximate surface area is 174 Å². The van der Waals surface area contributed by atoms with E-state index in [1.54, 1.807) is 38.1 Å². The Bertz CT molecular complexity index is 1100. The molecule has 1 heterocycles. The van der Waals surface area contributed by atoms with Gasteiger partial charge in [-0.2, -0.15) is 0 Å². The van der Waals surface area contributed by atoms with Crippen molar-refractivity contribution in [1.29, 1.82) is 0 Å². The zero-order chi connectivity index (χ0) is 21.6. The minimum Gasteiger partial charge on any atom is -0.478 e. The molecule has 1 aromatic heterocycles. The van der Waals surface area contributed by atoms with E-state index in [1.165, 1.54) is 30.3 Å². The lowest BCUT2D eigenvalue weighted by molar-refractivity contribution is 0.0693. The van der Waals surface area contributed by atoms with E-state index in [9.17, 15) is 13.2 Å². The van der Waals surface area contributed by atoms with Crippen LogP contribution < -0.4 is 10.5 Å². The normalized spacial score (nSPS) is 10.6. The lowest BCUT2D eigenvalue weighted by Crippen LogP contribution is -2.15. The lowest BCUT2D eigenvalue weighted by atomic mass is 10.2. The molecule has 0 aliphatic rings. The summed E-state index contributed by atoms with van der Waals surface area (Å²) < 4.78 is 26.6. The van der Waals surface area contributed by atoms with Gasteiger partial charge in [0.15, 0.2) is 0 Å². The molecular weight excluding hydrogens is 412 g/mol. The van der Waals surface area contributed by atoms with Crippen molar-refractivity contribution in [2.45, 2.75) is 23.6 Å². The summed E-state index contributed by atoms with van der Waals surface area (Å²) >= 11 is 3.96. The van der Waals surface area contributed by atoms with E-state index in [-0.39, 0.29) is 16.4 Å². The largest absolute Gasteiger partial charge is 0.478 e. The number of hydrogen-bond acceptors (Lipinski definition) is 7. The number of aromatic carboxylic acids is 1. The number of aryl methyl sites for hydroxylation is 2. The van der Waals surface area contributed by atoms with Gasteiger partial charge in [0.05, 0.1) is 10.5 Å². The molecule has 3 aromatic rings. The fourth-order valence-electron chi connectivity index (χ4n) is 2.25. The number of anilines is 2. The molecule has 0 atom stereocenters. The van der Waals surface area contributed by atoms with Gasteiger partial charge in [-0.15, -0.1) is 12.6 Å². The molecule has 0 amide bonds. The summed E-state index contributed by atoms with van der Waals surface area (Å²) in [6, 6.07) is 14.3. The van der Waals surface area contributed by atoms with E-state index in [1.807, 2.05) is 0 Å². The Morgan fingerprint density at radius 2 is 1.59 bits per heavy atom. The molecule has 0 aliphatic carbocycles. The number of rotatable bonds is 4. The Balaban J connectivity index is 0.000000253.